The number of fused-ring (bicyclic) bond motifs is 2. The van der Waals surface area contributed by atoms with E-state index in [9.17, 15) is 19.2 Å². The van der Waals surface area contributed by atoms with Crippen LogP contribution in [0.25, 0.3) is 0 Å². The predicted octanol–water partition coefficient (Wildman–Crippen LogP) is 4.51. The van der Waals surface area contributed by atoms with Gasteiger partial charge in [0.25, 0.3) is 0 Å². The number of carbonyl (C=O) groups is 4. The summed E-state index contributed by atoms with van der Waals surface area (Å²) < 4.78 is 0. The largest absolute Gasteiger partial charge is 0.398 e. The molecule has 0 unspecified atom stereocenters. The molecule has 0 saturated carbocycles. The zero-order chi connectivity index (χ0) is 23.1. The summed E-state index contributed by atoms with van der Waals surface area (Å²) in [6, 6.07) is 24.5. The van der Waals surface area contributed by atoms with Crippen molar-refractivity contribution in [3.63, 3.8) is 0 Å². The lowest BCUT2D eigenvalue weighted by atomic mass is 9.77. The molecule has 4 aromatic carbocycles. The van der Waals surface area contributed by atoms with Crippen molar-refractivity contribution in [1.82, 2.24) is 0 Å². The van der Waals surface area contributed by atoms with Gasteiger partial charge >= 0.3 is 0 Å². The highest BCUT2D eigenvalue weighted by Crippen LogP contribution is 2.35. The van der Waals surface area contributed by atoms with Crippen molar-refractivity contribution in [2.75, 3.05) is 5.73 Å². The van der Waals surface area contributed by atoms with Gasteiger partial charge in [0.15, 0.2) is 23.1 Å². The van der Waals surface area contributed by atoms with Gasteiger partial charge < -0.3 is 5.73 Å². The van der Waals surface area contributed by atoms with Gasteiger partial charge in [0.2, 0.25) is 0 Å². The van der Waals surface area contributed by atoms with Crippen LogP contribution in [0, 0.1) is 0 Å². The molecule has 0 amide bonds. The monoisotopic (exact) mass is 431 g/mol. The average Bonchev–Trinajstić information content (AvgIpc) is 2.87. The maximum Gasteiger partial charge on any atom is 0.195 e. The second kappa shape index (κ2) is 7.80. The zero-order valence-corrected chi connectivity index (χ0v) is 17.4. The van der Waals surface area contributed by atoms with Crippen LogP contribution in [0.1, 0.15) is 63.7 Å². The summed E-state index contributed by atoms with van der Waals surface area (Å²) in [7, 11) is 0. The first-order chi connectivity index (χ1) is 16.0. The Morgan fingerprint density at radius 2 is 1.09 bits per heavy atom. The lowest BCUT2D eigenvalue weighted by Crippen LogP contribution is -2.27. The molecule has 4 aromatic rings. The van der Waals surface area contributed by atoms with E-state index in [0.29, 0.717) is 11.1 Å². The SMILES string of the molecule is Nc1ccc2c(c1C(=O)c1ccccc1)C(=O)c1cccc(C(=O)c3ccccc3)c1C2=O. The summed E-state index contributed by atoms with van der Waals surface area (Å²) >= 11 is 0. The molecule has 158 valence electrons. The fourth-order valence-corrected chi connectivity index (χ4v) is 4.21. The van der Waals surface area contributed by atoms with Crippen LogP contribution in [-0.4, -0.2) is 23.1 Å². The second-order valence-corrected chi connectivity index (χ2v) is 7.73. The lowest BCUT2D eigenvalue weighted by Gasteiger charge is -2.22. The van der Waals surface area contributed by atoms with Crippen LogP contribution < -0.4 is 5.73 Å². The number of nitrogens with two attached hydrogens (primary N) is 1. The van der Waals surface area contributed by atoms with Gasteiger partial charge in [-0.2, -0.15) is 0 Å². The van der Waals surface area contributed by atoms with Crippen molar-refractivity contribution in [2.24, 2.45) is 0 Å². The van der Waals surface area contributed by atoms with E-state index < -0.39 is 17.3 Å². The lowest BCUT2D eigenvalue weighted by molar-refractivity contribution is 0.0964. The third-order valence-corrected chi connectivity index (χ3v) is 5.79. The smallest absolute Gasteiger partial charge is 0.195 e. The van der Waals surface area contributed by atoms with Gasteiger partial charge in [0, 0.05) is 44.6 Å². The van der Waals surface area contributed by atoms with Crippen LogP contribution in [0.3, 0.4) is 0 Å². The number of rotatable bonds is 4. The number of ketones is 4. The van der Waals surface area contributed by atoms with Crippen LogP contribution in [-0.2, 0) is 0 Å². The van der Waals surface area contributed by atoms with E-state index in [2.05, 4.69) is 0 Å². The van der Waals surface area contributed by atoms with Gasteiger partial charge in [-0.3, -0.25) is 19.2 Å². The molecule has 0 fully saturated rings. The van der Waals surface area contributed by atoms with Crippen LogP contribution in [0.5, 0.6) is 0 Å². The first kappa shape index (κ1) is 20.3. The highest BCUT2D eigenvalue weighted by atomic mass is 16.1. The Labute approximate surface area is 189 Å². The summed E-state index contributed by atoms with van der Waals surface area (Å²) in [6.07, 6.45) is 0. The molecule has 0 atom stereocenters. The van der Waals surface area contributed by atoms with E-state index in [1.54, 1.807) is 66.7 Å². The van der Waals surface area contributed by atoms with Gasteiger partial charge in [0.05, 0.1) is 5.56 Å². The molecule has 33 heavy (non-hydrogen) atoms. The minimum Gasteiger partial charge on any atom is -0.398 e. The van der Waals surface area contributed by atoms with Gasteiger partial charge in [0.1, 0.15) is 0 Å². The van der Waals surface area contributed by atoms with Gasteiger partial charge in [-0.05, 0) is 12.1 Å². The summed E-state index contributed by atoms with van der Waals surface area (Å²) in [5.41, 5.74) is 7.34. The summed E-state index contributed by atoms with van der Waals surface area (Å²) in [4.78, 5) is 53.6. The predicted molar refractivity (Wildman–Crippen MR) is 124 cm³/mol. The summed E-state index contributed by atoms with van der Waals surface area (Å²) in [6.45, 7) is 0. The molecule has 0 spiro atoms. The highest BCUT2D eigenvalue weighted by molar-refractivity contribution is 6.35. The molecule has 0 radical (unpaired) electrons. The number of anilines is 1. The van der Waals surface area contributed by atoms with Gasteiger partial charge in [-0.25, -0.2) is 0 Å². The van der Waals surface area contributed by atoms with E-state index in [1.165, 1.54) is 24.3 Å². The number of hydrogen-bond donors (Lipinski definition) is 1. The van der Waals surface area contributed by atoms with Crippen molar-refractivity contribution >= 4 is 28.8 Å². The molecule has 0 aliphatic heterocycles. The molecular weight excluding hydrogens is 414 g/mol. The Morgan fingerprint density at radius 1 is 0.545 bits per heavy atom. The van der Waals surface area contributed by atoms with Crippen LogP contribution in [0.15, 0.2) is 91.0 Å². The van der Waals surface area contributed by atoms with Crippen LogP contribution >= 0.6 is 0 Å². The number of carbonyl (C=O) groups excluding carboxylic acids is 4. The summed E-state index contributed by atoms with van der Waals surface area (Å²) in [5.74, 6) is -1.78. The first-order valence-electron chi connectivity index (χ1n) is 10.3. The topological polar surface area (TPSA) is 94.3 Å². The Kier molecular flexibility index (Phi) is 4.79. The average molecular weight is 431 g/mol. The van der Waals surface area contributed by atoms with Gasteiger partial charge in [-0.1, -0.05) is 78.9 Å². The third-order valence-electron chi connectivity index (χ3n) is 5.79. The Morgan fingerprint density at radius 3 is 1.73 bits per heavy atom. The molecule has 1 aliphatic carbocycles. The minimum atomic E-state index is -0.506. The standard InChI is InChI=1S/C28H17NO4/c29-21-15-14-20-23(24(21)26(31)17-10-5-2-6-11-17)28(33)19-13-7-12-18(22(19)27(20)32)25(30)16-8-3-1-4-9-16/h1-15H,29H2. The first-order valence-corrected chi connectivity index (χ1v) is 10.3. The molecule has 0 heterocycles. The summed E-state index contributed by atoms with van der Waals surface area (Å²) in [5, 5.41) is 0. The maximum atomic E-state index is 13.6. The van der Waals surface area contributed by atoms with Gasteiger partial charge in [-0.15, -0.1) is 0 Å². The van der Waals surface area contributed by atoms with E-state index >= 15 is 0 Å². The second-order valence-electron chi connectivity index (χ2n) is 7.73. The van der Waals surface area contributed by atoms with Crippen molar-refractivity contribution in [3.8, 4) is 0 Å². The van der Waals surface area contributed by atoms with E-state index in [1.807, 2.05) is 0 Å². The highest BCUT2D eigenvalue weighted by Gasteiger charge is 2.37. The van der Waals surface area contributed by atoms with E-state index in [4.69, 9.17) is 5.73 Å². The third kappa shape index (κ3) is 3.18. The van der Waals surface area contributed by atoms with Crippen LogP contribution in [0.4, 0.5) is 5.69 Å². The molecular formula is C28H17NO4. The molecule has 5 nitrogen and oxygen atoms in total. The Hall–Kier alpha value is -4.64. The number of benzene rings is 4. The van der Waals surface area contributed by atoms with Crippen molar-refractivity contribution in [2.45, 2.75) is 0 Å². The van der Waals surface area contributed by atoms with E-state index in [0.717, 1.165) is 0 Å². The molecule has 1 aliphatic rings. The maximum absolute atomic E-state index is 13.6. The van der Waals surface area contributed by atoms with Crippen molar-refractivity contribution in [1.29, 1.82) is 0 Å². The van der Waals surface area contributed by atoms with E-state index in [-0.39, 0.29) is 44.9 Å². The van der Waals surface area contributed by atoms with Crippen LogP contribution in [0.2, 0.25) is 0 Å². The quantitative estimate of drug-likeness (QED) is 0.334. The minimum absolute atomic E-state index is 0.00230. The fourth-order valence-electron chi connectivity index (χ4n) is 4.21. The van der Waals surface area contributed by atoms with Crippen molar-refractivity contribution in [3.05, 3.63) is 136 Å². The number of hydrogen-bond acceptors (Lipinski definition) is 5. The molecule has 5 heteroatoms. The Balaban J connectivity index is 1.70. The molecule has 2 N–H and O–H groups in total. The normalized spacial score (nSPS) is 12.1. The molecule has 5 rings (SSSR count). The molecule has 0 saturated heterocycles. The molecule has 0 aromatic heterocycles. The fraction of sp³-hybridized carbons (Fsp3) is 0. The zero-order valence-electron chi connectivity index (χ0n) is 17.4. The molecule has 0 bridgehead atoms. The Bertz CT molecular complexity index is 1470. The number of nitrogen functional groups attached to an aromatic ring is 1. The van der Waals surface area contributed by atoms with Crippen molar-refractivity contribution < 1.29 is 19.2 Å².